The molecular formula is C19H22F3N5O2. The van der Waals surface area contributed by atoms with Crippen LogP contribution in [0.2, 0.25) is 0 Å². The zero-order valence-electron chi connectivity index (χ0n) is 16.3. The van der Waals surface area contributed by atoms with Crippen LogP contribution in [0.3, 0.4) is 0 Å². The topological polar surface area (TPSA) is 80.1 Å². The SMILES string of the molecule is CC(C)(C)c1cc(NC(=O)C2CC(=O)N(CC(F)(F)F)C2)n(-c2ccccn2)n1. The highest BCUT2D eigenvalue weighted by Crippen LogP contribution is 2.28. The highest BCUT2D eigenvalue weighted by molar-refractivity contribution is 5.96. The van der Waals surface area contributed by atoms with E-state index < -0.39 is 30.5 Å². The van der Waals surface area contributed by atoms with Gasteiger partial charge in [0.2, 0.25) is 11.8 Å². The van der Waals surface area contributed by atoms with E-state index in [9.17, 15) is 22.8 Å². The van der Waals surface area contributed by atoms with Crippen LogP contribution in [0.1, 0.15) is 32.9 Å². The molecule has 3 rings (SSSR count). The molecule has 1 fully saturated rings. The van der Waals surface area contributed by atoms with Gasteiger partial charge in [0.1, 0.15) is 12.4 Å². The van der Waals surface area contributed by atoms with Crippen molar-refractivity contribution in [2.75, 3.05) is 18.4 Å². The molecular weight excluding hydrogens is 387 g/mol. The number of hydrogen-bond donors (Lipinski definition) is 1. The number of amides is 2. The summed E-state index contributed by atoms with van der Waals surface area (Å²) in [5, 5.41) is 7.23. The molecule has 2 aromatic rings. The van der Waals surface area contributed by atoms with E-state index in [2.05, 4.69) is 15.4 Å². The molecule has 0 spiro atoms. The lowest BCUT2D eigenvalue weighted by Gasteiger charge is -2.18. The Bertz CT molecular complexity index is 903. The molecule has 0 aliphatic carbocycles. The van der Waals surface area contributed by atoms with Crippen molar-refractivity contribution in [2.24, 2.45) is 5.92 Å². The maximum absolute atomic E-state index is 12.7. The van der Waals surface area contributed by atoms with E-state index in [1.807, 2.05) is 20.8 Å². The molecule has 7 nitrogen and oxygen atoms in total. The summed E-state index contributed by atoms with van der Waals surface area (Å²) in [6.07, 6.45) is -3.17. The third kappa shape index (κ3) is 4.93. The fraction of sp³-hybridized carbons (Fsp3) is 0.474. The average molecular weight is 409 g/mol. The van der Waals surface area contributed by atoms with Gasteiger partial charge < -0.3 is 10.2 Å². The number of carbonyl (C=O) groups is 2. The Morgan fingerprint density at radius 2 is 2.00 bits per heavy atom. The van der Waals surface area contributed by atoms with Crippen LogP contribution in [0.25, 0.3) is 5.82 Å². The molecule has 1 unspecified atom stereocenters. The van der Waals surface area contributed by atoms with Gasteiger partial charge in [0.25, 0.3) is 0 Å². The summed E-state index contributed by atoms with van der Waals surface area (Å²) in [5.74, 6) is -1.24. The molecule has 0 aromatic carbocycles. The third-order valence-corrected chi connectivity index (χ3v) is 4.55. The van der Waals surface area contributed by atoms with E-state index >= 15 is 0 Å². The maximum Gasteiger partial charge on any atom is 0.406 e. The third-order valence-electron chi connectivity index (χ3n) is 4.55. The first-order valence-electron chi connectivity index (χ1n) is 9.11. The van der Waals surface area contributed by atoms with Gasteiger partial charge in [-0.25, -0.2) is 4.98 Å². The first-order valence-corrected chi connectivity index (χ1v) is 9.11. The number of aromatic nitrogens is 3. The van der Waals surface area contributed by atoms with Gasteiger partial charge in [-0.2, -0.15) is 23.0 Å². The van der Waals surface area contributed by atoms with Crippen molar-refractivity contribution in [3.05, 3.63) is 36.2 Å². The van der Waals surface area contributed by atoms with Crippen LogP contribution in [0.15, 0.2) is 30.5 Å². The van der Waals surface area contributed by atoms with Crippen LogP contribution in [0.4, 0.5) is 19.0 Å². The Kier molecular flexibility index (Phi) is 5.38. The number of alkyl halides is 3. The number of carbonyl (C=O) groups excluding carboxylic acids is 2. The van der Waals surface area contributed by atoms with E-state index in [-0.39, 0.29) is 18.4 Å². The number of rotatable bonds is 4. The molecule has 10 heteroatoms. The fourth-order valence-corrected chi connectivity index (χ4v) is 3.04. The number of anilines is 1. The Labute approximate surface area is 165 Å². The first-order chi connectivity index (χ1) is 13.4. The monoisotopic (exact) mass is 409 g/mol. The minimum absolute atomic E-state index is 0.258. The summed E-state index contributed by atoms with van der Waals surface area (Å²) in [7, 11) is 0. The minimum Gasteiger partial charge on any atom is -0.333 e. The highest BCUT2D eigenvalue weighted by atomic mass is 19.4. The van der Waals surface area contributed by atoms with Gasteiger partial charge in [0, 0.05) is 30.6 Å². The largest absolute Gasteiger partial charge is 0.406 e. The van der Waals surface area contributed by atoms with Gasteiger partial charge in [-0.05, 0) is 12.1 Å². The van der Waals surface area contributed by atoms with Crippen molar-refractivity contribution in [1.82, 2.24) is 19.7 Å². The maximum atomic E-state index is 12.7. The van der Waals surface area contributed by atoms with E-state index in [0.717, 1.165) is 0 Å². The van der Waals surface area contributed by atoms with Crippen LogP contribution in [-0.2, 0) is 15.0 Å². The van der Waals surface area contributed by atoms with Crippen LogP contribution in [-0.4, -0.2) is 50.7 Å². The highest BCUT2D eigenvalue weighted by Gasteiger charge is 2.40. The number of nitrogens with one attached hydrogen (secondary N) is 1. The molecule has 2 amide bonds. The molecule has 3 heterocycles. The van der Waals surface area contributed by atoms with Gasteiger partial charge in [-0.1, -0.05) is 26.8 Å². The molecule has 1 saturated heterocycles. The van der Waals surface area contributed by atoms with Gasteiger partial charge in [0.05, 0.1) is 11.6 Å². The lowest BCUT2D eigenvalue weighted by Crippen LogP contribution is -2.36. The lowest BCUT2D eigenvalue weighted by molar-refractivity contribution is -0.157. The Hall–Kier alpha value is -2.91. The van der Waals surface area contributed by atoms with Gasteiger partial charge in [-0.3, -0.25) is 9.59 Å². The molecule has 1 aliphatic rings. The van der Waals surface area contributed by atoms with Gasteiger partial charge in [-0.15, -0.1) is 0 Å². The Balaban J connectivity index is 1.82. The smallest absolute Gasteiger partial charge is 0.333 e. The summed E-state index contributed by atoms with van der Waals surface area (Å²) >= 11 is 0. The summed E-state index contributed by atoms with van der Waals surface area (Å²) in [6, 6.07) is 6.95. The first kappa shape index (κ1) is 20.8. The molecule has 156 valence electrons. The van der Waals surface area contributed by atoms with Gasteiger partial charge >= 0.3 is 6.18 Å². The number of hydrogen-bond acceptors (Lipinski definition) is 4. The molecule has 0 bridgehead atoms. The molecule has 0 saturated carbocycles. The predicted molar refractivity (Wildman–Crippen MR) is 99.4 cm³/mol. The van der Waals surface area contributed by atoms with Crippen molar-refractivity contribution in [2.45, 2.75) is 38.8 Å². The van der Waals surface area contributed by atoms with E-state index in [4.69, 9.17) is 0 Å². The summed E-state index contributed by atoms with van der Waals surface area (Å²) < 4.78 is 39.3. The molecule has 0 radical (unpaired) electrons. The molecule has 1 aliphatic heterocycles. The summed E-state index contributed by atoms with van der Waals surface area (Å²) in [4.78, 5) is 29.4. The zero-order valence-corrected chi connectivity index (χ0v) is 16.3. The summed E-state index contributed by atoms with van der Waals surface area (Å²) in [5.41, 5.74) is 0.409. The summed E-state index contributed by atoms with van der Waals surface area (Å²) in [6.45, 7) is 4.28. The van der Waals surface area contributed by atoms with Crippen molar-refractivity contribution >= 4 is 17.6 Å². The van der Waals surface area contributed by atoms with Crippen molar-refractivity contribution in [3.63, 3.8) is 0 Å². The number of nitrogens with zero attached hydrogens (tertiary/aromatic N) is 4. The number of pyridine rings is 1. The molecule has 1 atom stereocenters. The van der Waals surface area contributed by atoms with E-state index in [1.54, 1.807) is 30.5 Å². The second kappa shape index (κ2) is 7.49. The van der Waals surface area contributed by atoms with Crippen molar-refractivity contribution in [1.29, 1.82) is 0 Å². The predicted octanol–water partition coefficient (Wildman–Crippen LogP) is 2.91. The zero-order chi connectivity index (χ0) is 21.4. The normalized spacial score (nSPS) is 17.7. The number of halogens is 3. The number of likely N-dealkylation sites (tertiary alicyclic amines) is 1. The molecule has 2 aromatic heterocycles. The van der Waals surface area contributed by atoms with Crippen molar-refractivity contribution < 1.29 is 22.8 Å². The lowest BCUT2D eigenvalue weighted by atomic mass is 9.92. The Morgan fingerprint density at radius 3 is 2.59 bits per heavy atom. The second-order valence-electron chi connectivity index (χ2n) is 8.04. The van der Waals surface area contributed by atoms with Crippen LogP contribution < -0.4 is 5.32 Å². The van der Waals surface area contributed by atoms with Crippen LogP contribution in [0, 0.1) is 5.92 Å². The van der Waals surface area contributed by atoms with E-state index in [0.29, 0.717) is 22.2 Å². The fourth-order valence-electron chi connectivity index (χ4n) is 3.04. The standard InChI is InChI=1S/C19H22F3N5O2/c1-18(2,3)13-9-15(27(25-13)14-6-4-5-7-23-14)24-17(29)12-8-16(28)26(10-12)11-19(20,21)22/h4-7,9,12H,8,10-11H2,1-3H3,(H,24,29). The molecule has 1 N–H and O–H groups in total. The Morgan fingerprint density at radius 1 is 1.28 bits per heavy atom. The van der Waals surface area contributed by atoms with Crippen molar-refractivity contribution in [3.8, 4) is 5.82 Å². The quantitative estimate of drug-likeness (QED) is 0.842. The average Bonchev–Trinajstić information content (AvgIpc) is 3.18. The van der Waals surface area contributed by atoms with Crippen LogP contribution >= 0.6 is 0 Å². The minimum atomic E-state index is -4.50. The van der Waals surface area contributed by atoms with E-state index in [1.165, 1.54) is 4.68 Å². The van der Waals surface area contributed by atoms with Crippen LogP contribution in [0.5, 0.6) is 0 Å². The second-order valence-corrected chi connectivity index (χ2v) is 8.04. The van der Waals surface area contributed by atoms with Gasteiger partial charge in [0.15, 0.2) is 5.82 Å². The molecule has 29 heavy (non-hydrogen) atoms.